The van der Waals surface area contributed by atoms with Crippen molar-refractivity contribution in [3.8, 4) is 0 Å². The van der Waals surface area contributed by atoms with Crippen molar-refractivity contribution in [3.05, 3.63) is 69.2 Å². The van der Waals surface area contributed by atoms with Gasteiger partial charge in [-0.3, -0.25) is 29.8 Å². The number of fused-ring (bicyclic) bond motifs is 1. The summed E-state index contributed by atoms with van der Waals surface area (Å²) >= 11 is 7.07. The van der Waals surface area contributed by atoms with E-state index in [4.69, 9.17) is 11.6 Å². The number of aromatic nitrogens is 2. The van der Waals surface area contributed by atoms with Crippen molar-refractivity contribution in [2.24, 2.45) is 0 Å². The molecule has 0 atom stereocenters. The third-order valence-corrected chi connectivity index (χ3v) is 5.29. The van der Waals surface area contributed by atoms with Gasteiger partial charge >= 0.3 is 0 Å². The third kappa shape index (κ3) is 4.98. The van der Waals surface area contributed by atoms with Crippen molar-refractivity contribution in [2.45, 2.75) is 25.0 Å². The highest BCUT2D eigenvalue weighted by atomic mass is 35.5. The minimum atomic E-state index is -0.578. The second-order valence-electron chi connectivity index (χ2n) is 6.62. The van der Waals surface area contributed by atoms with Crippen molar-refractivity contribution >= 4 is 46.1 Å². The van der Waals surface area contributed by atoms with Gasteiger partial charge in [-0.2, -0.15) is 0 Å². The average Bonchev–Trinajstić information content (AvgIpc) is 2.70. The fourth-order valence-electron chi connectivity index (χ4n) is 2.67. The smallest absolute Gasteiger partial charge is 0.269 e. The fourth-order valence-corrected chi connectivity index (χ4v) is 3.77. The molecule has 1 aromatic heterocycles. The zero-order chi connectivity index (χ0) is 21.8. The van der Waals surface area contributed by atoms with E-state index in [1.807, 2.05) is 13.8 Å². The third-order valence-electron chi connectivity index (χ3n) is 4.10. The largest absolute Gasteiger partial charge is 0.285 e. The number of hydrogen-bond donors (Lipinski definition) is 2. The van der Waals surface area contributed by atoms with Gasteiger partial charge in [-0.1, -0.05) is 23.4 Å². The summed E-state index contributed by atoms with van der Waals surface area (Å²) in [7, 11) is 0. The van der Waals surface area contributed by atoms with E-state index >= 15 is 0 Å². The normalized spacial score (nSPS) is 11.0. The van der Waals surface area contributed by atoms with Crippen LogP contribution in [0.15, 0.2) is 52.4 Å². The number of nitrogens with one attached hydrogen (secondary N) is 2. The predicted molar refractivity (Wildman–Crippen MR) is 114 cm³/mol. The van der Waals surface area contributed by atoms with Crippen LogP contribution in [0, 0.1) is 5.82 Å². The minimum absolute atomic E-state index is 0.0884. The Hall–Kier alpha value is -2.91. The molecule has 0 unspecified atom stereocenters. The van der Waals surface area contributed by atoms with E-state index in [0.717, 1.165) is 23.9 Å². The number of thioether (sulfide) groups is 1. The first kappa shape index (κ1) is 21.8. The van der Waals surface area contributed by atoms with Gasteiger partial charge in [-0.15, -0.1) is 0 Å². The molecule has 0 bridgehead atoms. The lowest BCUT2D eigenvalue weighted by Crippen LogP contribution is -2.42. The zero-order valence-corrected chi connectivity index (χ0v) is 17.7. The Bertz CT molecular complexity index is 1170. The summed E-state index contributed by atoms with van der Waals surface area (Å²) in [6.07, 6.45) is 0. The van der Waals surface area contributed by atoms with Crippen molar-refractivity contribution in [2.75, 3.05) is 5.75 Å². The number of halogens is 2. The summed E-state index contributed by atoms with van der Waals surface area (Å²) in [5, 5.41) is 1.26. The molecule has 0 aliphatic carbocycles. The lowest BCUT2D eigenvalue weighted by molar-refractivity contribution is -0.119. The van der Waals surface area contributed by atoms with Crippen LogP contribution in [0.2, 0.25) is 5.02 Å². The van der Waals surface area contributed by atoms with Gasteiger partial charge < -0.3 is 0 Å². The van der Waals surface area contributed by atoms with Gasteiger partial charge in [0.2, 0.25) is 5.91 Å². The molecular formula is C20H18ClFN4O3S. The van der Waals surface area contributed by atoms with Gasteiger partial charge in [0.25, 0.3) is 11.5 Å². The quantitative estimate of drug-likeness (QED) is 0.355. The topological polar surface area (TPSA) is 93.1 Å². The molecule has 0 fully saturated rings. The molecule has 2 aromatic carbocycles. The Morgan fingerprint density at radius 3 is 2.53 bits per heavy atom. The van der Waals surface area contributed by atoms with Crippen molar-refractivity contribution in [3.63, 3.8) is 0 Å². The van der Waals surface area contributed by atoms with Gasteiger partial charge in [0.15, 0.2) is 5.16 Å². The SMILES string of the molecule is CC(C)n1c(SCC(=O)NNC(=O)c2ccc(F)cc2)nc2cc(Cl)ccc2c1=O. The summed E-state index contributed by atoms with van der Waals surface area (Å²) in [4.78, 5) is 41.4. The van der Waals surface area contributed by atoms with Crippen molar-refractivity contribution in [1.82, 2.24) is 20.4 Å². The second kappa shape index (κ2) is 9.27. The molecule has 3 aromatic rings. The van der Waals surface area contributed by atoms with Crippen molar-refractivity contribution in [1.29, 1.82) is 0 Å². The second-order valence-corrected chi connectivity index (χ2v) is 8.00. The van der Waals surface area contributed by atoms with Crippen LogP contribution >= 0.6 is 23.4 Å². The molecule has 1 heterocycles. The Kier molecular flexibility index (Phi) is 6.73. The molecule has 2 N–H and O–H groups in total. The first-order valence-electron chi connectivity index (χ1n) is 8.95. The molecule has 30 heavy (non-hydrogen) atoms. The molecule has 0 spiro atoms. The van der Waals surface area contributed by atoms with E-state index in [0.29, 0.717) is 21.1 Å². The molecule has 0 aliphatic rings. The lowest BCUT2D eigenvalue weighted by atomic mass is 10.2. The van der Waals surface area contributed by atoms with Crippen LogP contribution in [0.1, 0.15) is 30.2 Å². The van der Waals surface area contributed by atoms with E-state index in [-0.39, 0.29) is 22.9 Å². The molecule has 156 valence electrons. The number of carbonyl (C=O) groups is 2. The van der Waals surface area contributed by atoms with E-state index in [2.05, 4.69) is 15.8 Å². The molecule has 0 saturated carbocycles. The van der Waals surface area contributed by atoms with E-state index < -0.39 is 17.6 Å². The number of nitrogens with zero attached hydrogens (tertiary/aromatic N) is 2. The number of rotatable bonds is 5. The highest BCUT2D eigenvalue weighted by Gasteiger charge is 2.16. The predicted octanol–water partition coefficient (Wildman–Crippen LogP) is 3.32. The lowest BCUT2D eigenvalue weighted by Gasteiger charge is -2.16. The molecule has 3 rings (SSSR count). The van der Waals surface area contributed by atoms with Crippen LogP contribution in [0.25, 0.3) is 10.9 Å². The molecule has 0 saturated heterocycles. The van der Waals surface area contributed by atoms with Crippen LogP contribution in [0.5, 0.6) is 0 Å². The Labute approximate surface area is 180 Å². The average molecular weight is 449 g/mol. The maximum absolute atomic E-state index is 12.9. The molecule has 2 amide bonds. The molecule has 7 nitrogen and oxygen atoms in total. The number of amides is 2. The number of benzene rings is 2. The van der Waals surface area contributed by atoms with Crippen LogP contribution in [0.3, 0.4) is 0 Å². The molecule has 10 heteroatoms. The van der Waals surface area contributed by atoms with Crippen LogP contribution in [-0.4, -0.2) is 27.1 Å². The van der Waals surface area contributed by atoms with Crippen LogP contribution < -0.4 is 16.4 Å². The molecular weight excluding hydrogens is 431 g/mol. The first-order valence-corrected chi connectivity index (χ1v) is 10.3. The van der Waals surface area contributed by atoms with Crippen molar-refractivity contribution < 1.29 is 14.0 Å². The summed E-state index contributed by atoms with van der Waals surface area (Å²) in [5.74, 6) is -1.63. The van der Waals surface area contributed by atoms with Gasteiger partial charge in [0, 0.05) is 16.6 Å². The summed E-state index contributed by atoms with van der Waals surface area (Å²) in [6.45, 7) is 3.69. The Morgan fingerprint density at radius 1 is 1.17 bits per heavy atom. The summed E-state index contributed by atoms with van der Waals surface area (Å²) < 4.78 is 14.4. The van der Waals surface area contributed by atoms with Gasteiger partial charge in [-0.05, 0) is 56.3 Å². The highest BCUT2D eigenvalue weighted by Crippen LogP contribution is 2.22. The summed E-state index contributed by atoms with van der Waals surface area (Å²) in [6, 6.07) is 9.57. The van der Waals surface area contributed by atoms with Gasteiger partial charge in [0.1, 0.15) is 5.82 Å². The zero-order valence-electron chi connectivity index (χ0n) is 16.1. The number of hydrazine groups is 1. The molecule has 0 radical (unpaired) electrons. The van der Waals surface area contributed by atoms with Crippen LogP contribution in [-0.2, 0) is 4.79 Å². The minimum Gasteiger partial charge on any atom is -0.285 e. The Morgan fingerprint density at radius 2 is 1.87 bits per heavy atom. The van der Waals surface area contributed by atoms with E-state index in [1.54, 1.807) is 18.2 Å². The van der Waals surface area contributed by atoms with Gasteiger partial charge in [-0.25, -0.2) is 9.37 Å². The maximum atomic E-state index is 12.9. The Balaban J connectivity index is 1.70. The fraction of sp³-hybridized carbons (Fsp3) is 0.200. The first-order chi connectivity index (χ1) is 14.3. The number of carbonyl (C=O) groups excluding carboxylic acids is 2. The van der Waals surface area contributed by atoms with Crippen LogP contribution in [0.4, 0.5) is 4.39 Å². The monoisotopic (exact) mass is 448 g/mol. The molecule has 0 aliphatic heterocycles. The van der Waals surface area contributed by atoms with E-state index in [9.17, 15) is 18.8 Å². The highest BCUT2D eigenvalue weighted by molar-refractivity contribution is 7.99. The van der Waals surface area contributed by atoms with Gasteiger partial charge in [0.05, 0.1) is 16.7 Å². The van der Waals surface area contributed by atoms with E-state index in [1.165, 1.54) is 16.7 Å². The standard InChI is InChI=1S/C20H18ClFN4O3S/c1-11(2)26-19(29)15-8-5-13(21)9-16(15)23-20(26)30-10-17(27)24-25-18(28)12-3-6-14(22)7-4-12/h3-9,11H,10H2,1-2H3,(H,24,27)(H,25,28). The maximum Gasteiger partial charge on any atom is 0.269 e. The summed E-state index contributed by atoms with van der Waals surface area (Å²) in [5.41, 5.74) is 4.96. The number of hydrogen-bond acceptors (Lipinski definition) is 5.